The van der Waals surface area contributed by atoms with Crippen LogP contribution in [0.4, 0.5) is 5.82 Å². The van der Waals surface area contributed by atoms with Gasteiger partial charge in [-0.05, 0) is 31.2 Å². The SMILES string of the molecule is Cc1ccc(-c2cc(NC(=O)COC(=O)c3ccccc3S(C)(=O)=O)n(-c3ccccc3)n2)cc1. The Labute approximate surface area is 203 Å². The number of amides is 1. The molecule has 0 aliphatic rings. The Balaban J connectivity index is 1.54. The minimum Gasteiger partial charge on any atom is -0.452 e. The van der Waals surface area contributed by atoms with Gasteiger partial charge in [-0.2, -0.15) is 5.10 Å². The Morgan fingerprint density at radius 3 is 2.29 bits per heavy atom. The van der Waals surface area contributed by atoms with Gasteiger partial charge in [-0.25, -0.2) is 17.9 Å². The molecule has 4 rings (SSSR count). The number of carbonyl (C=O) groups is 2. The summed E-state index contributed by atoms with van der Waals surface area (Å²) in [6.45, 7) is 1.39. The van der Waals surface area contributed by atoms with E-state index in [1.165, 1.54) is 24.3 Å². The molecule has 1 amide bonds. The van der Waals surface area contributed by atoms with Crippen LogP contribution in [0.5, 0.6) is 0 Å². The van der Waals surface area contributed by atoms with E-state index >= 15 is 0 Å². The van der Waals surface area contributed by atoms with Crippen molar-refractivity contribution in [3.63, 3.8) is 0 Å². The molecule has 0 saturated carbocycles. The zero-order chi connectivity index (χ0) is 25.0. The summed E-state index contributed by atoms with van der Waals surface area (Å²) >= 11 is 0. The molecule has 9 heteroatoms. The van der Waals surface area contributed by atoms with Crippen LogP contribution in [0.1, 0.15) is 15.9 Å². The molecule has 178 valence electrons. The Morgan fingerprint density at radius 1 is 0.943 bits per heavy atom. The summed E-state index contributed by atoms with van der Waals surface area (Å²) < 4.78 is 30.6. The highest BCUT2D eigenvalue weighted by Gasteiger charge is 2.21. The largest absolute Gasteiger partial charge is 0.452 e. The number of carbonyl (C=O) groups excluding carboxylic acids is 2. The Hall–Kier alpha value is -4.24. The van der Waals surface area contributed by atoms with Crippen molar-refractivity contribution in [3.8, 4) is 16.9 Å². The smallest absolute Gasteiger partial charge is 0.339 e. The molecule has 0 atom stereocenters. The van der Waals surface area contributed by atoms with E-state index in [4.69, 9.17) is 4.74 Å². The zero-order valence-corrected chi connectivity index (χ0v) is 20.0. The summed E-state index contributed by atoms with van der Waals surface area (Å²) in [5.74, 6) is -1.11. The number of aryl methyl sites for hydroxylation is 1. The number of para-hydroxylation sites is 1. The van der Waals surface area contributed by atoms with E-state index in [-0.39, 0.29) is 10.5 Å². The van der Waals surface area contributed by atoms with Crippen molar-refractivity contribution in [2.24, 2.45) is 0 Å². The van der Waals surface area contributed by atoms with E-state index in [2.05, 4.69) is 10.4 Å². The third kappa shape index (κ3) is 5.64. The number of hydrogen-bond donors (Lipinski definition) is 1. The van der Waals surface area contributed by atoms with Crippen LogP contribution in [0.2, 0.25) is 0 Å². The molecule has 0 spiro atoms. The first-order valence-electron chi connectivity index (χ1n) is 10.7. The molecule has 1 aromatic heterocycles. The predicted octanol–water partition coefficient (Wildman–Crippen LogP) is 4.05. The van der Waals surface area contributed by atoms with Crippen LogP contribution in [-0.4, -0.2) is 42.9 Å². The summed E-state index contributed by atoms with van der Waals surface area (Å²) in [6, 6.07) is 24.6. The van der Waals surface area contributed by atoms with E-state index in [0.717, 1.165) is 23.1 Å². The normalized spacial score (nSPS) is 11.1. The summed E-state index contributed by atoms with van der Waals surface area (Å²) in [6.07, 6.45) is 1.00. The average molecular weight is 490 g/mol. The van der Waals surface area contributed by atoms with E-state index in [9.17, 15) is 18.0 Å². The molecular formula is C26H23N3O5S. The maximum Gasteiger partial charge on any atom is 0.339 e. The van der Waals surface area contributed by atoms with E-state index in [1.807, 2.05) is 61.5 Å². The first-order valence-corrected chi connectivity index (χ1v) is 12.6. The van der Waals surface area contributed by atoms with Gasteiger partial charge in [0.25, 0.3) is 5.91 Å². The summed E-state index contributed by atoms with van der Waals surface area (Å²) in [4.78, 5) is 25.0. The Morgan fingerprint density at radius 2 is 1.60 bits per heavy atom. The van der Waals surface area contributed by atoms with Gasteiger partial charge in [0.15, 0.2) is 16.4 Å². The molecule has 0 aliphatic carbocycles. The summed E-state index contributed by atoms with van der Waals surface area (Å²) in [7, 11) is -3.64. The van der Waals surface area contributed by atoms with Crippen LogP contribution in [0.25, 0.3) is 16.9 Å². The molecule has 35 heavy (non-hydrogen) atoms. The second-order valence-corrected chi connectivity index (χ2v) is 9.90. The minimum absolute atomic E-state index is 0.126. The minimum atomic E-state index is -3.64. The quantitative estimate of drug-likeness (QED) is 0.393. The highest BCUT2D eigenvalue weighted by Crippen LogP contribution is 2.25. The number of rotatable bonds is 7. The van der Waals surface area contributed by atoms with Crippen molar-refractivity contribution in [1.29, 1.82) is 0 Å². The maximum atomic E-state index is 12.7. The molecule has 0 radical (unpaired) electrons. The standard InChI is InChI=1S/C26H23N3O5S/c1-18-12-14-19(15-13-18)22-16-24(29(28-22)20-8-4-3-5-9-20)27-25(30)17-34-26(31)21-10-6-7-11-23(21)35(2,32)33/h3-16H,17H2,1-2H3,(H,27,30). The fourth-order valence-electron chi connectivity index (χ4n) is 3.45. The van der Waals surface area contributed by atoms with Crippen LogP contribution in [0.3, 0.4) is 0 Å². The second-order valence-electron chi connectivity index (χ2n) is 7.92. The topological polar surface area (TPSA) is 107 Å². The van der Waals surface area contributed by atoms with Crippen LogP contribution < -0.4 is 5.32 Å². The van der Waals surface area contributed by atoms with Gasteiger partial charge in [0.2, 0.25) is 0 Å². The summed E-state index contributed by atoms with van der Waals surface area (Å²) in [5.41, 5.74) is 3.26. The monoisotopic (exact) mass is 489 g/mol. The van der Waals surface area contributed by atoms with Gasteiger partial charge in [0, 0.05) is 17.9 Å². The van der Waals surface area contributed by atoms with Gasteiger partial charge in [0.05, 0.1) is 21.8 Å². The number of ether oxygens (including phenoxy) is 1. The molecule has 1 heterocycles. The Bertz CT molecular complexity index is 1480. The fourth-order valence-corrected chi connectivity index (χ4v) is 4.32. The number of hydrogen-bond acceptors (Lipinski definition) is 6. The lowest BCUT2D eigenvalue weighted by Crippen LogP contribution is -2.23. The molecule has 0 saturated heterocycles. The van der Waals surface area contributed by atoms with E-state index in [1.54, 1.807) is 10.7 Å². The van der Waals surface area contributed by atoms with Crippen LogP contribution in [0.15, 0.2) is 89.8 Å². The molecule has 0 fully saturated rings. The number of anilines is 1. The van der Waals surface area contributed by atoms with E-state index in [0.29, 0.717) is 11.5 Å². The molecule has 4 aromatic rings. The number of benzene rings is 3. The van der Waals surface area contributed by atoms with E-state index < -0.39 is 28.3 Å². The van der Waals surface area contributed by atoms with Crippen molar-refractivity contribution in [1.82, 2.24) is 9.78 Å². The molecule has 3 aromatic carbocycles. The highest BCUT2D eigenvalue weighted by molar-refractivity contribution is 7.90. The number of esters is 1. The summed E-state index contributed by atoms with van der Waals surface area (Å²) in [5, 5.41) is 7.37. The average Bonchev–Trinajstić information content (AvgIpc) is 3.26. The van der Waals surface area contributed by atoms with Crippen molar-refractivity contribution in [3.05, 3.63) is 96.1 Å². The zero-order valence-electron chi connectivity index (χ0n) is 19.1. The lowest BCUT2D eigenvalue weighted by molar-refractivity contribution is -0.119. The number of nitrogens with one attached hydrogen (secondary N) is 1. The lowest BCUT2D eigenvalue weighted by atomic mass is 10.1. The molecule has 1 N–H and O–H groups in total. The van der Waals surface area contributed by atoms with Gasteiger partial charge in [-0.15, -0.1) is 0 Å². The third-order valence-corrected chi connectivity index (χ3v) is 6.32. The van der Waals surface area contributed by atoms with Crippen molar-refractivity contribution in [2.45, 2.75) is 11.8 Å². The molecular weight excluding hydrogens is 466 g/mol. The van der Waals surface area contributed by atoms with Gasteiger partial charge in [-0.3, -0.25) is 4.79 Å². The van der Waals surface area contributed by atoms with Gasteiger partial charge >= 0.3 is 5.97 Å². The Kier molecular flexibility index (Phi) is 6.79. The molecule has 0 bridgehead atoms. The number of nitrogens with zero attached hydrogens (tertiary/aromatic N) is 2. The third-order valence-electron chi connectivity index (χ3n) is 5.17. The first kappa shape index (κ1) is 23.9. The predicted molar refractivity (Wildman–Crippen MR) is 132 cm³/mol. The van der Waals surface area contributed by atoms with Crippen LogP contribution in [0, 0.1) is 6.92 Å². The lowest BCUT2D eigenvalue weighted by Gasteiger charge is -2.10. The maximum absolute atomic E-state index is 12.7. The number of aromatic nitrogens is 2. The van der Waals surface area contributed by atoms with Crippen molar-refractivity contribution in [2.75, 3.05) is 18.2 Å². The van der Waals surface area contributed by atoms with Crippen molar-refractivity contribution >= 4 is 27.5 Å². The fraction of sp³-hybridized carbons (Fsp3) is 0.115. The number of sulfone groups is 1. The van der Waals surface area contributed by atoms with Gasteiger partial charge < -0.3 is 10.1 Å². The van der Waals surface area contributed by atoms with Gasteiger partial charge in [0.1, 0.15) is 5.82 Å². The highest BCUT2D eigenvalue weighted by atomic mass is 32.2. The van der Waals surface area contributed by atoms with Crippen LogP contribution in [-0.2, 0) is 19.4 Å². The molecule has 8 nitrogen and oxygen atoms in total. The molecule has 0 unspecified atom stereocenters. The first-order chi connectivity index (χ1) is 16.7. The molecule has 0 aliphatic heterocycles. The van der Waals surface area contributed by atoms with Crippen LogP contribution >= 0.6 is 0 Å². The van der Waals surface area contributed by atoms with Gasteiger partial charge in [-0.1, -0.05) is 60.2 Å². The second kappa shape index (κ2) is 9.94. The van der Waals surface area contributed by atoms with Crippen molar-refractivity contribution < 1.29 is 22.7 Å².